The third-order valence-corrected chi connectivity index (χ3v) is 7.71. The van der Waals surface area contributed by atoms with Gasteiger partial charge in [-0.1, -0.05) is 37.3 Å². The lowest BCUT2D eigenvalue weighted by atomic mass is 9.54. The number of hydrogen-bond acceptors (Lipinski definition) is 7. The maximum atomic E-state index is 15.4. The van der Waals surface area contributed by atoms with Gasteiger partial charge in [0.05, 0.1) is 24.4 Å². The van der Waals surface area contributed by atoms with Crippen molar-refractivity contribution in [2.45, 2.75) is 38.4 Å². The van der Waals surface area contributed by atoms with Gasteiger partial charge in [-0.2, -0.15) is 5.26 Å². The molecule has 0 spiro atoms. The predicted octanol–water partition coefficient (Wildman–Crippen LogP) is 4.66. The molecular formula is C28H28F2N2O5. The smallest absolute Gasteiger partial charge is 0.336 e. The summed E-state index contributed by atoms with van der Waals surface area (Å²) in [6.07, 6.45) is 1.72. The molecule has 0 N–H and O–H groups in total. The Morgan fingerprint density at radius 1 is 1.24 bits per heavy atom. The molecule has 0 unspecified atom stereocenters. The molecule has 2 heterocycles. The molecule has 1 aromatic carbocycles. The largest absolute Gasteiger partial charge is 0.467 e. The fourth-order valence-electron chi connectivity index (χ4n) is 5.89. The van der Waals surface area contributed by atoms with Crippen LogP contribution in [-0.4, -0.2) is 49.3 Å². The van der Waals surface area contributed by atoms with Crippen LogP contribution in [0.5, 0.6) is 0 Å². The Balaban J connectivity index is 1.71. The maximum Gasteiger partial charge on any atom is 0.336 e. The van der Waals surface area contributed by atoms with E-state index in [9.17, 15) is 14.9 Å². The number of carbonyl (C=O) groups excluding carboxylic acids is 2. The van der Waals surface area contributed by atoms with E-state index in [0.29, 0.717) is 11.3 Å². The Morgan fingerprint density at radius 3 is 2.59 bits per heavy atom. The average Bonchev–Trinajstić information content (AvgIpc) is 3.13. The first kappa shape index (κ1) is 26.4. The Morgan fingerprint density at radius 2 is 1.97 bits per heavy atom. The van der Waals surface area contributed by atoms with Crippen molar-refractivity contribution >= 4 is 18.0 Å². The quantitative estimate of drug-likeness (QED) is 0.521. The molecule has 0 radical (unpaired) electrons. The van der Waals surface area contributed by atoms with Crippen molar-refractivity contribution in [1.82, 2.24) is 4.98 Å². The molecule has 7 nitrogen and oxygen atoms in total. The standard InChI is InChI=1S/C28H28F2N2O5/c1-16-21(12-11-20-10-9-19(14-32-20)22-8-6-5-7-18(22)13-31)23-17(2)37-26(34)27(23,15-28(16,29)30)24(35-3)25(33)36-4/h5-12,14,16-17,21,23-24H,15H2,1-4H3/t16-,17+,21-,23-,24-,27+/m0/s1. The SMILES string of the molecule is COC(=O)[C@H](OC)[C@@]12CC(F)(F)[C@@H](C)[C@H](C=Cc3ccc(-c4ccccc4C#N)cn3)[C@@H]1[C@@H](C)OC2=O. The third-order valence-electron chi connectivity index (χ3n) is 7.71. The number of fused-ring (bicyclic) bond motifs is 1. The first-order valence-corrected chi connectivity index (χ1v) is 11.9. The number of carbonyl (C=O) groups is 2. The second-order valence-corrected chi connectivity index (χ2v) is 9.61. The van der Waals surface area contributed by atoms with Crippen molar-refractivity contribution in [2.75, 3.05) is 14.2 Å². The highest BCUT2D eigenvalue weighted by molar-refractivity contribution is 5.89. The minimum Gasteiger partial charge on any atom is -0.467 e. The van der Waals surface area contributed by atoms with Crippen LogP contribution in [-0.2, 0) is 23.8 Å². The van der Waals surface area contributed by atoms with Crippen LogP contribution in [0.1, 0.15) is 31.5 Å². The first-order valence-electron chi connectivity index (χ1n) is 11.9. The van der Waals surface area contributed by atoms with Gasteiger partial charge in [0.1, 0.15) is 11.5 Å². The number of halogens is 2. The molecule has 1 saturated carbocycles. The van der Waals surface area contributed by atoms with E-state index in [1.54, 1.807) is 49.5 Å². The van der Waals surface area contributed by atoms with Crippen LogP contribution in [0.3, 0.4) is 0 Å². The highest BCUT2D eigenvalue weighted by Gasteiger charge is 2.72. The summed E-state index contributed by atoms with van der Waals surface area (Å²) in [6, 6.07) is 12.8. The summed E-state index contributed by atoms with van der Waals surface area (Å²) in [6.45, 7) is 3.08. The van der Waals surface area contributed by atoms with Crippen LogP contribution in [0, 0.1) is 34.5 Å². The summed E-state index contributed by atoms with van der Waals surface area (Å²) in [5, 5.41) is 9.36. The van der Waals surface area contributed by atoms with Crippen LogP contribution in [0.15, 0.2) is 48.7 Å². The van der Waals surface area contributed by atoms with E-state index in [1.165, 1.54) is 14.0 Å². The average molecular weight is 511 g/mol. The molecule has 6 atom stereocenters. The van der Waals surface area contributed by atoms with E-state index in [2.05, 4.69) is 11.1 Å². The number of benzene rings is 1. The molecule has 9 heteroatoms. The predicted molar refractivity (Wildman–Crippen MR) is 130 cm³/mol. The summed E-state index contributed by atoms with van der Waals surface area (Å²) in [5.74, 6) is -7.79. The number of nitrogens with zero attached hydrogens (tertiary/aromatic N) is 2. The molecule has 0 amide bonds. The van der Waals surface area contributed by atoms with Crippen molar-refractivity contribution in [3.63, 3.8) is 0 Å². The van der Waals surface area contributed by atoms with Gasteiger partial charge in [-0.3, -0.25) is 9.78 Å². The van der Waals surface area contributed by atoms with E-state index >= 15 is 8.78 Å². The number of ether oxygens (including phenoxy) is 3. The highest BCUT2D eigenvalue weighted by atomic mass is 19.3. The number of cyclic esters (lactones) is 1. The van der Waals surface area contributed by atoms with Gasteiger partial charge in [-0.25, -0.2) is 13.6 Å². The fraction of sp³-hybridized carbons (Fsp3) is 0.429. The molecular weight excluding hydrogens is 482 g/mol. The normalized spacial score (nSPS) is 29.3. The molecule has 1 aromatic heterocycles. The van der Waals surface area contributed by atoms with Gasteiger partial charge in [0.25, 0.3) is 5.92 Å². The Kier molecular flexibility index (Phi) is 7.16. The number of esters is 2. The lowest BCUT2D eigenvalue weighted by molar-refractivity contribution is -0.203. The minimum absolute atomic E-state index is 0.513. The molecule has 2 fully saturated rings. The number of aromatic nitrogens is 1. The zero-order valence-electron chi connectivity index (χ0n) is 21.0. The molecule has 1 aliphatic carbocycles. The number of allylic oxidation sites excluding steroid dienone is 1. The van der Waals surface area contributed by atoms with Crippen molar-refractivity contribution in [3.05, 3.63) is 59.9 Å². The van der Waals surface area contributed by atoms with Gasteiger partial charge in [-0.05, 0) is 31.1 Å². The van der Waals surface area contributed by atoms with Gasteiger partial charge in [0.2, 0.25) is 0 Å². The first-order chi connectivity index (χ1) is 17.6. The maximum absolute atomic E-state index is 15.4. The van der Waals surface area contributed by atoms with E-state index in [1.807, 2.05) is 12.1 Å². The summed E-state index contributed by atoms with van der Waals surface area (Å²) in [5.41, 5.74) is 0.613. The van der Waals surface area contributed by atoms with Gasteiger partial charge < -0.3 is 14.2 Å². The number of rotatable bonds is 6. The van der Waals surface area contributed by atoms with Gasteiger partial charge in [-0.15, -0.1) is 0 Å². The Labute approximate surface area is 214 Å². The molecule has 194 valence electrons. The number of hydrogen-bond donors (Lipinski definition) is 0. The highest BCUT2D eigenvalue weighted by Crippen LogP contribution is 2.61. The van der Waals surface area contributed by atoms with Gasteiger partial charge in [0, 0.05) is 42.7 Å². The van der Waals surface area contributed by atoms with Crippen LogP contribution in [0.25, 0.3) is 17.2 Å². The van der Waals surface area contributed by atoms with Crippen molar-refractivity contribution in [2.24, 2.45) is 23.2 Å². The van der Waals surface area contributed by atoms with Crippen LogP contribution in [0.2, 0.25) is 0 Å². The van der Waals surface area contributed by atoms with Crippen LogP contribution >= 0.6 is 0 Å². The summed E-state index contributed by atoms with van der Waals surface area (Å²) >= 11 is 0. The lowest BCUT2D eigenvalue weighted by Gasteiger charge is -2.49. The molecule has 1 saturated heterocycles. The topological polar surface area (TPSA) is 98.5 Å². The summed E-state index contributed by atoms with van der Waals surface area (Å²) in [4.78, 5) is 30.1. The molecule has 4 rings (SSSR count). The molecule has 0 bridgehead atoms. The fourth-order valence-corrected chi connectivity index (χ4v) is 5.89. The Hall–Kier alpha value is -3.64. The second-order valence-electron chi connectivity index (χ2n) is 9.61. The van der Waals surface area contributed by atoms with Crippen LogP contribution < -0.4 is 0 Å². The molecule has 1 aliphatic heterocycles. The van der Waals surface area contributed by atoms with E-state index in [-0.39, 0.29) is 0 Å². The zero-order chi connectivity index (χ0) is 27.0. The number of alkyl halides is 2. The van der Waals surface area contributed by atoms with Gasteiger partial charge >= 0.3 is 11.9 Å². The molecule has 2 aliphatic rings. The van der Waals surface area contributed by atoms with Crippen molar-refractivity contribution < 1.29 is 32.6 Å². The molecule has 2 aromatic rings. The summed E-state index contributed by atoms with van der Waals surface area (Å²) in [7, 11) is 2.32. The van der Waals surface area contributed by atoms with Crippen molar-refractivity contribution in [1.29, 1.82) is 5.26 Å². The number of pyridine rings is 1. The Bertz CT molecular complexity index is 1260. The third kappa shape index (κ3) is 4.40. The van der Waals surface area contributed by atoms with Gasteiger partial charge in [0.15, 0.2) is 6.10 Å². The second kappa shape index (κ2) is 10.0. The van der Waals surface area contributed by atoms with Crippen molar-refractivity contribution in [3.8, 4) is 17.2 Å². The van der Waals surface area contributed by atoms with E-state index in [0.717, 1.165) is 18.2 Å². The zero-order valence-corrected chi connectivity index (χ0v) is 21.0. The number of methoxy groups -OCH3 is 2. The van der Waals surface area contributed by atoms with E-state index < -0.39 is 59.7 Å². The van der Waals surface area contributed by atoms with E-state index in [4.69, 9.17) is 14.2 Å². The minimum atomic E-state index is -3.28. The lowest BCUT2D eigenvalue weighted by Crippen LogP contribution is -2.60. The summed E-state index contributed by atoms with van der Waals surface area (Å²) < 4.78 is 46.5. The van der Waals surface area contributed by atoms with Crippen LogP contribution in [0.4, 0.5) is 8.78 Å². The molecule has 37 heavy (non-hydrogen) atoms. The monoisotopic (exact) mass is 510 g/mol. The number of nitriles is 1.